The molecular formula is C17H25NO2S. The Morgan fingerprint density at radius 3 is 2.52 bits per heavy atom. The molecular weight excluding hydrogens is 282 g/mol. The average molecular weight is 307 g/mol. The zero-order valence-corrected chi connectivity index (χ0v) is 13.3. The fraction of sp³-hybridized carbons (Fsp3) is 0.647. The Hall–Kier alpha value is -0.870. The monoisotopic (exact) mass is 307 g/mol. The van der Waals surface area contributed by atoms with Gasteiger partial charge in [0.25, 0.3) is 0 Å². The van der Waals surface area contributed by atoms with E-state index in [9.17, 15) is 8.42 Å². The van der Waals surface area contributed by atoms with E-state index in [0.717, 1.165) is 13.0 Å². The van der Waals surface area contributed by atoms with E-state index in [1.165, 1.54) is 31.2 Å². The van der Waals surface area contributed by atoms with Crippen LogP contribution < -0.4 is 5.32 Å². The lowest BCUT2D eigenvalue weighted by molar-refractivity contribution is 0.314. The van der Waals surface area contributed by atoms with Crippen molar-refractivity contribution in [2.45, 2.75) is 44.1 Å². The second kappa shape index (κ2) is 6.49. The highest BCUT2D eigenvalue weighted by molar-refractivity contribution is 7.91. The van der Waals surface area contributed by atoms with Crippen LogP contribution in [0.4, 0.5) is 0 Å². The summed E-state index contributed by atoms with van der Waals surface area (Å²) in [7, 11) is -2.75. The van der Waals surface area contributed by atoms with Gasteiger partial charge in [0.15, 0.2) is 9.84 Å². The molecule has 3 atom stereocenters. The molecule has 2 aliphatic rings. The van der Waals surface area contributed by atoms with Crippen molar-refractivity contribution in [3.05, 3.63) is 35.9 Å². The van der Waals surface area contributed by atoms with Crippen molar-refractivity contribution in [2.75, 3.05) is 18.1 Å². The van der Waals surface area contributed by atoms with Gasteiger partial charge in [-0.2, -0.15) is 0 Å². The van der Waals surface area contributed by atoms with E-state index in [4.69, 9.17) is 0 Å². The Balaban J connectivity index is 1.60. The van der Waals surface area contributed by atoms with Crippen molar-refractivity contribution >= 4 is 9.84 Å². The van der Waals surface area contributed by atoms with Crippen molar-refractivity contribution in [3.8, 4) is 0 Å². The van der Waals surface area contributed by atoms with E-state index in [2.05, 4.69) is 35.6 Å². The first-order valence-electron chi connectivity index (χ1n) is 8.13. The number of hydrogen-bond acceptors (Lipinski definition) is 3. The van der Waals surface area contributed by atoms with E-state index >= 15 is 0 Å². The van der Waals surface area contributed by atoms with Gasteiger partial charge in [0, 0.05) is 6.04 Å². The fourth-order valence-electron chi connectivity index (χ4n) is 3.83. The normalized spacial score (nSPS) is 32.1. The molecule has 3 unspecified atom stereocenters. The molecule has 1 N–H and O–H groups in total. The second-order valence-corrected chi connectivity index (χ2v) is 8.81. The number of nitrogens with one attached hydrogen (secondary N) is 1. The first-order chi connectivity index (χ1) is 10.1. The first-order valence-corrected chi connectivity index (χ1v) is 9.95. The summed E-state index contributed by atoms with van der Waals surface area (Å²) in [5, 5.41) is 3.69. The van der Waals surface area contributed by atoms with Gasteiger partial charge in [0.1, 0.15) is 0 Å². The van der Waals surface area contributed by atoms with Crippen molar-refractivity contribution in [1.82, 2.24) is 5.32 Å². The summed E-state index contributed by atoms with van der Waals surface area (Å²) in [4.78, 5) is 0. The SMILES string of the molecule is O=S1(=O)CCC(CNC2CCCCC2c2ccccc2)C1. The highest BCUT2D eigenvalue weighted by Crippen LogP contribution is 2.33. The molecule has 1 aliphatic carbocycles. The highest BCUT2D eigenvalue weighted by atomic mass is 32.2. The third-order valence-corrected chi connectivity index (χ3v) is 6.83. The van der Waals surface area contributed by atoms with Gasteiger partial charge in [-0.25, -0.2) is 8.42 Å². The summed E-state index contributed by atoms with van der Waals surface area (Å²) >= 11 is 0. The molecule has 1 aromatic rings. The predicted molar refractivity (Wildman–Crippen MR) is 86.2 cm³/mol. The minimum Gasteiger partial charge on any atom is -0.313 e. The number of rotatable bonds is 4. The van der Waals surface area contributed by atoms with Gasteiger partial charge in [-0.05, 0) is 43.2 Å². The van der Waals surface area contributed by atoms with Gasteiger partial charge in [0.2, 0.25) is 0 Å². The van der Waals surface area contributed by atoms with Crippen LogP contribution in [0.15, 0.2) is 30.3 Å². The van der Waals surface area contributed by atoms with Crippen molar-refractivity contribution in [1.29, 1.82) is 0 Å². The van der Waals surface area contributed by atoms with E-state index in [0.29, 0.717) is 29.4 Å². The number of benzene rings is 1. The van der Waals surface area contributed by atoms with Crippen LogP contribution in [0.25, 0.3) is 0 Å². The molecule has 116 valence electrons. The Kier molecular flexibility index (Phi) is 4.65. The van der Waals surface area contributed by atoms with Crippen LogP contribution in [-0.2, 0) is 9.84 Å². The Morgan fingerprint density at radius 2 is 1.81 bits per heavy atom. The molecule has 3 nitrogen and oxygen atoms in total. The van der Waals surface area contributed by atoms with Gasteiger partial charge in [0.05, 0.1) is 11.5 Å². The third-order valence-electron chi connectivity index (χ3n) is 4.99. The highest BCUT2D eigenvalue weighted by Gasteiger charge is 2.30. The largest absolute Gasteiger partial charge is 0.313 e. The molecule has 1 saturated heterocycles. The molecule has 3 rings (SSSR count). The molecule has 0 radical (unpaired) electrons. The molecule has 4 heteroatoms. The molecule has 1 heterocycles. The second-order valence-electron chi connectivity index (χ2n) is 6.59. The van der Waals surface area contributed by atoms with Gasteiger partial charge in [-0.3, -0.25) is 0 Å². The van der Waals surface area contributed by atoms with Crippen LogP contribution in [0.2, 0.25) is 0 Å². The topological polar surface area (TPSA) is 46.2 Å². The fourth-order valence-corrected chi connectivity index (χ4v) is 5.69. The molecule has 2 fully saturated rings. The molecule has 1 aliphatic heterocycles. The average Bonchev–Trinajstić information content (AvgIpc) is 2.86. The quantitative estimate of drug-likeness (QED) is 0.930. The third kappa shape index (κ3) is 3.86. The summed E-state index contributed by atoms with van der Waals surface area (Å²) in [5.74, 6) is 1.65. The van der Waals surface area contributed by atoms with Crippen LogP contribution in [-0.4, -0.2) is 32.5 Å². The zero-order chi connectivity index (χ0) is 14.7. The Morgan fingerprint density at radius 1 is 1.05 bits per heavy atom. The maximum atomic E-state index is 11.6. The maximum absolute atomic E-state index is 11.6. The standard InChI is InChI=1S/C17H25NO2S/c19-21(20)11-10-14(13-21)12-18-17-9-5-4-8-16(17)15-6-2-1-3-7-15/h1-3,6-7,14,16-18H,4-5,8-13H2. The molecule has 0 amide bonds. The predicted octanol–water partition coefficient (Wildman–Crippen LogP) is 2.74. The van der Waals surface area contributed by atoms with Crippen LogP contribution in [0.5, 0.6) is 0 Å². The van der Waals surface area contributed by atoms with Crippen molar-refractivity contribution in [3.63, 3.8) is 0 Å². The molecule has 0 spiro atoms. The molecule has 1 aromatic carbocycles. The lowest BCUT2D eigenvalue weighted by atomic mass is 9.80. The van der Waals surface area contributed by atoms with Crippen LogP contribution in [0.3, 0.4) is 0 Å². The van der Waals surface area contributed by atoms with Gasteiger partial charge in [-0.15, -0.1) is 0 Å². The molecule has 0 bridgehead atoms. The Bertz CT molecular complexity index is 555. The van der Waals surface area contributed by atoms with Gasteiger partial charge < -0.3 is 5.32 Å². The van der Waals surface area contributed by atoms with E-state index in [1.807, 2.05) is 0 Å². The lowest BCUT2D eigenvalue weighted by Gasteiger charge is -2.33. The summed E-state index contributed by atoms with van der Waals surface area (Å²) in [5.41, 5.74) is 1.42. The molecule has 0 aromatic heterocycles. The first kappa shape index (κ1) is 15.0. The van der Waals surface area contributed by atoms with E-state index in [1.54, 1.807) is 0 Å². The smallest absolute Gasteiger partial charge is 0.150 e. The molecule has 21 heavy (non-hydrogen) atoms. The van der Waals surface area contributed by atoms with Gasteiger partial charge in [-0.1, -0.05) is 43.2 Å². The van der Waals surface area contributed by atoms with E-state index < -0.39 is 9.84 Å². The molecule has 1 saturated carbocycles. The number of hydrogen-bond donors (Lipinski definition) is 1. The summed E-state index contributed by atoms with van der Waals surface area (Å²) in [6.45, 7) is 0.854. The lowest BCUT2D eigenvalue weighted by Crippen LogP contribution is -2.40. The summed E-state index contributed by atoms with van der Waals surface area (Å²) in [6, 6.07) is 11.3. The zero-order valence-electron chi connectivity index (χ0n) is 12.5. The van der Waals surface area contributed by atoms with Crippen molar-refractivity contribution in [2.24, 2.45) is 5.92 Å². The van der Waals surface area contributed by atoms with Crippen LogP contribution in [0.1, 0.15) is 43.6 Å². The van der Waals surface area contributed by atoms with Crippen molar-refractivity contribution < 1.29 is 8.42 Å². The van der Waals surface area contributed by atoms with Gasteiger partial charge >= 0.3 is 0 Å². The van der Waals surface area contributed by atoms with Crippen LogP contribution >= 0.6 is 0 Å². The van der Waals surface area contributed by atoms with Crippen LogP contribution in [0, 0.1) is 5.92 Å². The summed E-state index contributed by atoms with van der Waals surface area (Å²) in [6.07, 6.45) is 5.86. The minimum atomic E-state index is -2.75. The maximum Gasteiger partial charge on any atom is 0.150 e. The number of sulfone groups is 1. The Labute approximate surface area is 128 Å². The summed E-state index contributed by atoms with van der Waals surface area (Å²) < 4.78 is 23.1. The minimum absolute atomic E-state index is 0.313. The van der Waals surface area contributed by atoms with E-state index in [-0.39, 0.29) is 0 Å².